The summed E-state index contributed by atoms with van der Waals surface area (Å²) in [4.78, 5) is 15.7. The van der Waals surface area contributed by atoms with Gasteiger partial charge >= 0.3 is 0 Å². The Hall–Kier alpha value is -1.39. The first-order chi connectivity index (χ1) is 7.17. The SMILES string of the molecule is CCCC(C)NC(=O)c1n[nH]c(CC)n1. The van der Waals surface area contributed by atoms with E-state index < -0.39 is 0 Å². The van der Waals surface area contributed by atoms with Gasteiger partial charge in [-0.05, 0) is 13.3 Å². The number of aromatic nitrogens is 3. The Morgan fingerprint density at radius 2 is 2.27 bits per heavy atom. The molecule has 5 heteroatoms. The second kappa shape index (κ2) is 5.48. The number of hydrogen-bond donors (Lipinski definition) is 2. The maximum Gasteiger partial charge on any atom is 0.291 e. The number of hydrogen-bond acceptors (Lipinski definition) is 3. The Morgan fingerprint density at radius 3 is 2.80 bits per heavy atom. The Labute approximate surface area is 89.7 Å². The first kappa shape index (κ1) is 11.7. The van der Waals surface area contributed by atoms with Gasteiger partial charge in [0, 0.05) is 12.5 Å². The van der Waals surface area contributed by atoms with Crippen LogP contribution in [0.4, 0.5) is 0 Å². The minimum absolute atomic E-state index is 0.172. The van der Waals surface area contributed by atoms with Crippen molar-refractivity contribution < 1.29 is 4.79 Å². The van der Waals surface area contributed by atoms with Crippen LogP contribution >= 0.6 is 0 Å². The minimum atomic E-state index is -0.202. The summed E-state index contributed by atoms with van der Waals surface area (Å²) in [6.45, 7) is 6.03. The number of nitrogens with zero attached hydrogens (tertiary/aromatic N) is 2. The van der Waals surface area contributed by atoms with Gasteiger partial charge in [0.25, 0.3) is 5.91 Å². The normalized spacial score (nSPS) is 12.5. The van der Waals surface area contributed by atoms with Crippen LogP contribution in [0.5, 0.6) is 0 Å². The van der Waals surface area contributed by atoms with E-state index >= 15 is 0 Å². The van der Waals surface area contributed by atoms with Gasteiger partial charge in [-0.15, -0.1) is 5.10 Å². The topological polar surface area (TPSA) is 70.7 Å². The summed E-state index contributed by atoms with van der Waals surface area (Å²) in [5, 5.41) is 9.42. The summed E-state index contributed by atoms with van der Waals surface area (Å²) in [7, 11) is 0. The van der Waals surface area contributed by atoms with Crippen molar-refractivity contribution in [1.29, 1.82) is 0 Å². The van der Waals surface area contributed by atoms with Crippen LogP contribution in [0, 0.1) is 0 Å². The highest BCUT2D eigenvalue weighted by Crippen LogP contribution is 1.98. The highest BCUT2D eigenvalue weighted by Gasteiger charge is 2.13. The number of carbonyl (C=O) groups is 1. The lowest BCUT2D eigenvalue weighted by Gasteiger charge is -2.10. The molecule has 0 aliphatic carbocycles. The standard InChI is InChI=1S/C10H18N4O/c1-4-6-7(3)11-10(15)9-12-8(5-2)13-14-9/h7H,4-6H2,1-3H3,(H,11,15)(H,12,13,14). The van der Waals surface area contributed by atoms with Crippen molar-refractivity contribution in [2.45, 2.75) is 46.1 Å². The van der Waals surface area contributed by atoms with Crippen LogP contribution in [0.1, 0.15) is 50.1 Å². The zero-order valence-corrected chi connectivity index (χ0v) is 9.50. The molecule has 1 unspecified atom stereocenters. The number of aryl methyl sites for hydroxylation is 1. The Morgan fingerprint density at radius 1 is 1.53 bits per heavy atom. The quantitative estimate of drug-likeness (QED) is 0.769. The van der Waals surface area contributed by atoms with E-state index in [1.54, 1.807) is 0 Å². The summed E-state index contributed by atoms with van der Waals surface area (Å²) in [6, 6.07) is 0.172. The molecule has 0 saturated heterocycles. The molecule has 2 N–H and O–H groups in total. The van der Waals surface area contributed by atoms with E-state index in [2.05, 4.69) is 27.4 Å². The molecular formula is C10H18N4O. The van der Waals surface area contributed by atoms with E-state index in [1.165, 1.54) is 0 Å². The summed E-state index contributed by atoms with van der Waals surface area (Å²) in [6.07, 6.45) is 2.78. The van der Waals surface area contributed by atoms with Gasteiger partial charge in [-0.3, -0.25) is 9.89 Å². The van der Waals surface area contributed by atoms with Crippen LogP contribution in [0.25, 0.3) is 0 Å². The maximum absolute atomic E-state index is 11.6. The molecule has 0 spiro atoms. The molecule has 15 heavy (non-hydrogen) atoms. The van der Waals surface area contributed by atoms with E-state index in [0.29, 0.717) is 0 Å². The van der Waals surface area contributed by atoms with Crippen molar-refractivity contribution in [2.75, 3.05) is 0 Å². The molecule has 0 aromatic carbocycles. The monoisotopic (exact) mass is 210 g/mol. The predicted octanol–water partition coefficient (Wildman–Crippen LogP) is 1.29. The number of rotatable bonds is 5. The molecular weight excluding hydrogens is 192 g/mol. The van der Waals surface area contributed by atoms with Crippen LogP contribution in [0.15, 0.2) is 0 Å². The lowest BCUT2D eigenvalue weighted by atomic mass is 10.2. The largest absolute Gasteiger partial charge is 0.347 e. The van der Waals surface area contributed by atoms with Gasteiger partial charge in [-0.25, -0.2) is 4.98 Å². The summed E-state index contributed by atoms with van der Waals surface area (Å²) >= 11 is 0. The van der Waals surface area contributed by atoms with Gasteiger partial charge in [0.05, 0.1) is 0 Å². The molecule has 1 aromatic heterocycles. The van der Waals surface area contributed by atoms with Gasteiger partial charge in [0.15, 0.2) is 0 Å². The van der Waals surface area contributed by atoms with Gasteiger partial charge in [0.1, 0.15) is 5.82 Å². The van der Waals surface area contributed by atoms with Crippen LogP contribution in [0.2, 0.25) is 0 Å². The summed E-state index contributed by atoms with van der Waals surface area (Å²) in [5.74, 6) is 0.769. The average molecular weight is 210 g/mol. The summed E-state index contributed by atoms with van der Waals surface area (Å²) < 4.78 is 0. The van der Waals surface area contributed by atoms with E-state index in [9.17, 15) is 4.79 Å². The fourth-order valence-corrected chi connectivity index (χ4v) is 1.35. The van der Waals surface area contributed by atoms with Crippen LogP contribution in [0.3, 0.4) is 0 Å². The van der Waals surface area contributed by atoms with Crippen molar-refractivity contribution in [3.05, 3.63) is 11.6 Å². The van der Waals surface area contributed by atoms with Crippen LogP contribution in [-0.2, 0) is 6.42 Å². The zero-order chi connectivity index (χ0) is 11.3. The van der Waals surface area contributed by atoms with Gasteiger partial charge in [-0.2, -0.15) is 0 Å². The highest BCUT2D eigenvalue weighted by atomic mass is 16.2. The molecule has 5 nitrogen and oxygen atoms in total. The molecule has 1 heterocycles. The lowest BCUT2D eigenvalue weighted by molar-refractivity contribution is 0.0928. The van der Waals surface area contributed by atoms with Crippen molar-refractivity contribution in [3.8, 4) is 0 Å². The van der Waals surface area contributed by atoms with E-state index in [0.717, 1.165) is 25.1 Å². The van der Waals surface area contributed by atoms with E-state index in [1.807, 2.05) is 13.8 Å². The molecule has 0 aliphatic rings. The van der Waals surface area contributed by atoms with Crippen molar-refractivity contribution in [3.63, 3.8) is 0 Å². The number of aromatic amines is 1. The predicted molar refractivity (Wildman–Crippen MR) is 57.6 cm³/mol. The van der Waals surface area contributed by atoms with Gasteiger partial charge in [0.2, 0.25) is 5.82 Å². The number of amides is 1. The zero-order valence-electron chi connectivity index (χ0n) is 9.50. The van der Waals surface area contributed by atoms with Gasteiger partial charge < -0.3 is 5.32 Å². The van der Waals surface area contributed by atoms with Crippen molar-refractivity contribution in [2.24, 2.45) is 0 Å². The molecule has 1 amide bonds. The van der Waals surface area contributed by atoms with Crippen molar-refractivity contribution in [1.82, 2.24) is 20.5 Å². The molecule has 0 saturated carbocycles. The number of nitrogens with one attached hydrogen (secondary N) is 2. The first-order valence-corrected chi connectivity index (χ1v) is 5.39. The molecule has 0 bridgehead atoms. The molecule has 1 aromatic rings. The maximum atomic E-state index is 11.6. The highest BCUT2D eigenvalue weighted by molar-refractivity contribution is 5.90. The fraction of sp³-hybridized carbons (Fsp3) is 0.700. The van der Waals surface area contributed by atoms with Crippen LogP contribution in [-0.4, -0.2) is 27.1 Å². The third-order valence-corrected chi connectivity index (χ3v) is 2.17. The molecule has 1 atom stereocenters. The van der Waals surface area contributed by atoms with E-state index in [4.69, 9.17) is 0 Å². The second-order valence-corrected chi connectivity index (χ2v) is 3.62. The van der Waals surface area contributed by atoms with Crippen molar-refractivity contribution >= 4 is 5.91 Å². The van der Waals surface area contributed by atoms with Gasteiger partial charge in [-0.1, -0.05) is 20.3 Å². The number of H-pyrrole nitrogens is 1. The second-order valence-electron chi connectivity index (χ2n) is 3.62. The smallest absolute Gasteiger partial charge is 0.291 e. The number of carbonyl (C=O) groups excluding carboxylic acids is 1. The summed E-state index contributed by atoms with van der Waals surface area (Å²) in [5.41, 5.74) is 0. The molecule has 0 radical (unpaired) electrons. The third-order valence-electron chi connectivity index (χ3n) is 2.17. The third kappa shape index (κ3) is 3.34. The molecule has 0 aliphatic heterocycles. The molecule has 84 valence electrons. The lowest BCUT2D eigenvalue weighted by Crippen LogP contribution is -2.33. The Kier molecular flexibility index (Phi) is 4.27. The fourth-order valence-electron chi connectivity index (χ4n) is 1.35. The van der Waals surface area contributed by atoms with Crippen LogP contribution < -0.4 is 5.32 Å². The molecule has 0 fully saturated rings. The molecule has 1 rings (SSSR count). The van der Waals surface area contributed by atoms with E-state index in [-0.39, 0.29) is 17.8 Å². The first-order valence-electron chi connectivity index (χ1n) is 5.39. The average Bonchev–Trinajstić information content (AvgIpc) is 2.66. The minimum Gasteiger partial charge on any atom is -0.347 e. The Balaban J connectivity index is 2.53. The Bertz CT molecular complexity index is 321.